The van der Waals surface area contributed by atoms with Crippen molar-refractivity contribution >= 4 is 22.9 Å². The molecule has 0 aliphatic carbocycles. The number of benzene rings is 2. The van der Waals surface area contributed by atoms with E-state index in [2.05, 4.69) is 53.2 Å². The molecule has 0 fully saturated rings. The lowest BCUT2D eigenvalue weighted by molar-refractivity contribution is 0.399. The highest BCUT2D eigenvalue weighted by molar-refractivity contribution is 7.80. The number of thiocarbonyl (C=S) groups is 1. The molecular formula is C24H23FN4OS. The quantitative estimate of drug-likeness (QED) is 0.420. The fourth-order valence-electron chi connectivity index (χ4n) is 3.65. The van der Waals surface area contributed by atoms with Gasteiger partial charge in [0.25, 0.3) is 5.89 Å². The summed E-state index contributed by atoms with van der Waals surface area (Å²) in [6, 6.07) is 14.2. The second-order valence-electron chi connectivity index (χ2n) is 7.31. The third kappa shape index (κ3) is 4.14. The van der Waals surface area contributed by atoms with Crippen molar-refractivity contribution in [2.24, 2.45) is 0 Å². The Kier molecular flexibility index (Phi) is 5.95. The Morgan fingerprint density at radius 2 is 1.90 bits per heavy atom. The molecule has 3 aromatic rings. The van der Waals surface area contributed by atoms with Crippen LogP contribution in [0.5, 0.6) is 0 Å². The van der Waals surface area contributed by atoms with Crippen molar-refractivity contribution < 1.29 is 8.91 Å². The van der Waals surface area contributed by atoms with Gasteiger partial charge in [-0.05, 0) is 61.0 Å². The van der Waals surface area contributed by atoms with Gasteiger partial charge in [0.2, 0.25) is 5.82 Å². The molecule has 1 aromatic heterocycles. The van der Waals surface area contributed by atoms with Gasteiger partial charge in [0.15, 0.2) is 5.11 Å². The van der Waals surface area contributed by atoms with Gasteiger partial charge in [-0.25, -0.2) is 4.39 Å². The highest BCUT2D eigenvalue weighted by atomic mass is 32.1. The lowest BCUT2D eigenvalue weighted by Gasteiger charge is -2.36. The number of nitrogens with zero attached hydrogens (tertiary/aromatic N) is 3. The first-order chi connectivity index (χ1) is 15.0. The van der Waals surface area contributed by atoms with E-state index in [-0.39, 0.29) is 11.9 Å². The maximum atomic E-state index is 13.3. The van der Waals surface area contributed by atoms with Crippen LogP contribution in [0.1, 0.15) is 36.9 Å². The van der Waals surface area contributed by atoms with Crippen LogP contribution in [0.2, 0.25) is 0 Å². The number of hydrogen-bond acceptors (Lipinski definition) is 4. The smallest absolute Gasteiger partial charge is 0.258 e. The van der Waals surface area contributed by atoms with Gasteiger partial charge >= 0.3 is 0 Å². The standard InChI is InChI=1S/C24H23FN4OS/c1-4-14-29-15(3)20(21(26-24(29)31)17-8-6-16(5-2)7-9-17)23-27-22(28-30-23)18-10-12-19(25)13-11-18/h4,6-13,21H,1,5,14H2,2-3H3,(H,26,31). The zero-order valence-electron chi connectivity index (χ0n) is 17.4. The predicted octanol–water partition coefficient (Wildman–Crippen LogP) is 5.29. The van der Waals surface area contributed by atoms with Gasteiger partial charge in [0.05, 0.1) is 11.6 Å². The monoisotopic (exact) mass is 434 g/mol. The van der Waals surface area contributed by atoms with E-state index in [1.165, 1.54) is 17.7 Å². The van der Waals surface area contributed by atoms with Gasteiger partial charge in [-0.2, -0.15) is 4.98 Å². The molecule has 158 valence electrons. The number of aryl methyl sites for hydroxylation is 1. The molecule has 0 spiro atoms. The first kappa shape index (κ1) is 20.9. The molecule has 0 saturated heterocycles. The molecule has 1 unspecified atom stereocenters. The van der Waals surface area contributed by atoms with Crippen molar-refractivity contribution in [3.05, 3.63) is 89.7 Å². The van der Waals surface area contributed by atoms with Gasteiger partial charge < -0.3 is 14.7 Å². The van der Waals surface area contributed by atoms with Crippen molar-refractivity contribution in [1.82, 2.24) is 20.4 Å². The average molecular weight is 435 g/mol. The number of aromatic nitrogens is 2. The van der Waals surface area contributed by atoms with Gasteiger partial charge in [0, 0.05) is 17.8 Å². The van der Waals surface area contributed by atoms with Gasteiger partial charge in [-0.3, -0.25) is 0 Å². The Balaban J connectivity index is 1.79. The molecule has 0 saturated carbocycles. The maximum absolute atomic E-state index is 13.3. The van der Waals surface area contributed by atoms with Crippen LogP contribution < -0.4 is 5.32 Å². The van der Waals surface area contributed by atoms with Crippen molar-refractivity contribution in [1.29, 1.82) is 0 Å². The van der Waals surface area contributed by atoms with E-state index in [1.807, 2.05) is 11.8 Å². The fraction of sp³-hybridized carbons (Fsp3) is 0.208. The predicted molar refractivity (Wildman–Crippen MR) is 123 cm³/mol. The Morgan fingerprint density at radius 1 is 1.19 bits per heavy atom. The van der Waals surface area contributed by atoms with E-state index >= 15 is 0 Å². The van der Waals surface area contributed by atoms with Crippen LogP contribution in [0.3, 0.4) is 0 Å². The molecule has 1 atom stereocenters. The number of halogens is 1. The molecule has 0 amide bonds. The summed E-state index contributed by atoms with van der Waals surface area (Å²) in [4.78, 5) is 6.57. The number of nitrogens with one attached hydrogen (secondary N) is 1. The summed E-state index contributed by atoms with van der Waals surface area (Å²) in [5.41, 5.74) is 4.76. The lowest BCUT2D eigenvalue weighted by Crippen LogP contribution is -2.45. The van der Waals surface area contributed by atoms with E-state index in [4.69, 9.17) is 16.7 Å². The van der Waals surface area contributed by atoms with Crippen LogP contribution in [0.25, 0.3) is 17.0 Å². The third-order valence-corrected chi connectivity index (χ3v) is 5.73. The van der Waals surface area contributed by atoms with Gasteiger partial charge in [-0.15, -0.1) is 6.58 Å². The molecule has 1 aliphatic heterocycles. The summed E-state index contributed by atoms with van der Waals surface area (Å²) in [5.74, 6) is 0.482. The molecule has 0 radical (unpaired) electrons. The molecule has 2 aromatic carbocycles. The number of allylic oxidation sites excluding steroid dienone is 1. The Morgan fingerprint density at radius 3 is 2.55 bits per heavy atom. The van der Waals surface area contributed by atoms with E-state index in [0.717, 1.165) is 23.3 Å². The Bertz CT molecular complexity index is 1140. The minimum absolute atomic E-state index is 0.235. The lowest BCUT2D eigenvalue weighted by atomic mass is 9.94. The van der Waals surface area contributed by atoms with Crippen LogP contribution in [-0.4, -0.2) is 26.7 Å². The third-order valence-electron chi connectivity index (χ3n) is 5.39. The molecular weight excluding hydrogens is 411 g/mol. The highest BCUT2D eigenvalue weighted by Gasteiger charge is 2.33. The number of hydrogen-bond donors (Lipinski definition) is 1. The minimum Gasteiger partial charge on any atom is -0.351 e. The summed E-state index contributed by atoms with van der Waals surface area (Å²) in [6.45, 7) is 8.51. The van der Waals surface area contributed by atoms with Crippen LogP contribution in [-0.2, 0) is 6.42 Å². The maximum Gasteiger partial charge on any atom is 0.258 e. The normalized spacial score (nSPS) is 16.4. The van der Waals surface area contributed by atoms with Crippen LogP contribution in [0.15, 0.2) is 71.4 Å². The van der Waals surface area contributed by atoms with Crippen LogP contribution >= 0.6 is 12.2 Å². The fourth-order valence-corrected chi connectivity index (χ4v) is 3.98. The summed E-state index contributed by atoms with van der Waals surface area (Å²) >= 11 is 5.62. The van der Waals surface area contributed by atoms with Crippen molar-refractivity contribution in [3.8, 4) is 11.4 Å². The first-order valence-corrected chi connectivity index (χ1v) is 10.5. The second-order valence-corrected chi connectivity index (χ2v) is 7.69. The molecule has 7 heteroatoms. The van der Waals surface area contributed by atoms with Gasteiger partial charge in [0.1, 0.15) is 5.82 Å². The van der Waals surface area contributed by atoms with Crippen LogP contribution in [0.4, 0.5) is 4.39 Å². The van der Waals surface area contributed by atoms with Crippen molar-refractivity contribution in [3.63, 3.8) is 0 Å². The molecule has 5 nitrogen and oxygen atoms in total. The average Bonchev–Trinajstić information content (AvgIpc) is 3.26. The molecule has 0 bridgehead atoms. The topological polar surface area (TPSA) is 54.2 Å². The van der Waals surface area contributed by atoms with Gasteiger partial charge in [-0.1, -0.05) is 42.4 Å². The van der Waals surface area contributed by atoms with Crippen LogP contribution in [0, 0.1) is 5.82 Å². The molecule has 2 heterocycles. The summed E-state index contributed by atoms with van der Waals surface area (Å²) in [6.07, 6.45) is 2.76. The molecule has 1 N–H and O–H groups in total. The zero-order valence-corrected chi connectivity index (χ0v) is 18.2. The summed E-state index contributed by atoms with van der Waals surface area (Å²) in [7, 11) is 0. The molecule has 4 rings (SSSR count). The number of rotatable bonds is 6. The summed E-state index contributed by atoms with van der Waals surface area (Å²) in [5, 5.41) is 8.16. The Labute approximate surface area is 186 Å². The van der Waals surface area contributed by atoms with Crippen molar-refractivity contribution in [2.75, 3.05) is 6.54 Å². The first-order valence-electron chi connectivity index (χ1n) is 10.1. The van der Waals surface area contributed by atoms with E-state index in [0.29, 0.717) is 28.9 Å². The molecule has 31 heavy (non-hydrogen) atoms. The van der Waals surface area contributed by atoms with E-state index in [9.17, 15) is 4.39 Å². The van der Waals surface area contributed by atoms with E-state index in [1.54, 1.807) is 18.2 Å². The largest absolute Gasteiger partial charge is 0.351 e. The Hall–Kier alpha value is -3.32. The SMILES string of the molecule is C=CCN1C(=S)NC(c2ccc(CC)cc2)C(c2nc(-c3ccc(F)cc3)no2)=C1C. The highest BCUT2D eigenvalue weighted by Crippen LogP contribution is 2.37. The second kappa shape index (κ2) is 8.81. The van der Waals surface area contributed by atoms with Crippen molar-refractivity contribution in [2.45, 2.75) is 26.3 Å². The van der Waals surface area contributed by atoms with E-state index < -0.39 is 0 Å². The minimum atomic E-state index is -0.313. The summed E-state index contributed by atoms with van der Waals surface area (Å²) < 4.78 is 19.0. The zero-order chi connectivity index (χ0) is 22.0. The molecule has 1 aliphatic rings.